The van der Waals surface area contributed by atoms with Crippen LogP contribution in [0.4, 0.5) is 5.69 Å². The van der Waals surface area contributed by atoms with E-state index in [9.17, 15) is 18.0 Å². The lowest BCUT2D eigenvalue weighted by Crippen LogP contribution is -2.48. The summed E-state index contributed by atoms with van der Waals surface area (Å²) in [6.07, 6.45) is 0.770. The van der Waals surface area contributed by atoms with E-state index in [1.54, 1.807) is 34.1 Å². The molecule has 0 saturated carbocycles. The number of amides is 2. The molecule has 1 aliphatic rings. The maximum Gasteiger partial charge on any atom is 0.261 e. The SMILES string of the molecule is Cc1ccc(NS(=O)(=O)c2cccc(C(=O)N3CCN(C=O)CC3)c2)cc1. The van der Waals surface area contributed by atoms with Gasteiger partial charge in [-0.3, -0.25) is 14.3 Å². The maximum atomic E-state index is 12.7. The van der Waals surface area contributed by atoms with Crippen LogP contribution in [0.3, 0.4) is 0 Å². The monoisotopic (exact) mass is 387 g/mol. The second-order valence-corrected chi connectivity index (χ2v) is 8.12. The summed E-state index contributed by atoms with van der Waals surface area (Å²) in [6.45, 7) is 3.72. The second-order valence-electron chi connectivity index (χ2n) is 6.43. The van der Waals surface area contributed by atoms with E-state index in [1.165, 1.54) is 12.1 Å². The number of hydrogen-bond acceptors (Lipinski definition) is 4. The molecule has 1 saturated heterocycles. The molecule has 0 radical (unpaired) electrons. The molecule has 2 aromatic rings. The number of nitrogens with zero attached hydrogens (tertiary/aromatic N) is 2. The van der Waals surface area contributed by atoms with E-state index in [1.807, 2.05) is 19.1 Å². The van der Waals surface area contributed by atoms with Gasteiger partial charge in [-0.05, 0) is 37.3 Å². The molecule has 0 unspecified atom stereocenters. The maximum absolute atomic E-state index is 12.7. The van der Waals surface area contributed by atoms with E-state index in [0.29, 0.717) is 37.4 Å². The Labute approximate surface area is 158 Å². The van der Waals surface area contributed by atoms with E-state index in [0.717, 1.165) is 12.0 Å². The van der Waals surface area contributed by atoms with Crippen LogP contribution in [0.15, 0.2) is 53.4 Å². The number of sulfonamides is 1. The van der Waals surface area contributed by atoms with Gasteiger partial charge in [-0.2, -0.15) is 0 Å². The first-order valence-electron chi connectivity index (χ1n) is 8.57. The van der Waals surface area contributed by atoms with Crippen LogP contribution in [0, 0.1) is 6.92 Å². The van der Waals surface area contributed by atoms with Crippen molar-refractivity contribution in [3.63, 3.8) is 0 Å². The number of hydrogen-bond donors (Lipinski definition) is 1. The van der Waals surface area contributed by atoms with Crippen molar-refractivity contribution in [2.45, 2.75) is 11.8 Å². The minimum absolute atomic E-state index is 0.0282. The average Bonchev–Trinajstić information content (AvgIpc) is 2.69. The van der Waals surface area contributed by atoms with Crippen molar-refractivity contribution in [3.05, 3.63) is 59.7 Å². The first kappa shape index (κ1) is 18.9. The number of piperazine rings is 1. The Morgan fingerprint density at radius 1 is 1.04 bits per heavy atom. The highest BCUT2D eigenvalue weighted by Gasteiger charge is 2.23. The second kappa shape index (κ2) is 7.79. The third kappa shape index (κ3) is 4.46. The Hall–Kier alpha value is -2.87. The number of nitrogens with one attached hydrogen (secondary N) is 1. The zero-order valence-corrected chi connectivity index (χ0v) is 15.8. The lowest BCUT2D eigenvalue weighted by Gasteiger charge is -2.32. The molecule has 1 fully saturated rings. The van der Waals surface area contributed by atoms with E-state index in [2.05, 4.69) is 4.72 Å². The molecule has 1 heterocycles. The Morgan fingerprint density at radius 2 is 1.70 bits per heavy atom. The fraction of sp³-hybridized carbons (Fsp3) is 0.263. The molecule has 1 aliphatic heterocycles. The molecule has 0 aromatic heterocycles. The van der Waals surface area contributed by atoms with Crippen molar-refractivity contribution in [3.8, 4) is 0 Å². The van der Waals surface area contributed by atoms with Crippen LogP contribution in [-0.4, -0.2) is 56.7 Å². The van der Waals surface area contributed by atoms with Gasteiger partial charge < -0.3 is 9.80 Å². The Kier molecular flexibility index (Phi) is 5.46. The molecule has 142 valence electrons. The molecule has 0 aliphatic carbocycles. The van der Waals surface area contributed by atoms with Crippen LogP contribution in [0.5, 0.6) is 0 Å². The molecular weight excluding hydrogens is 366 g/mol. The number of carbonyl (C=O) groups is 2. The highest BCUT2D eigenvalue weighted by atomic mass is 32.2. The normalized spacial score (nSPS) is 14.7. The summed E-state index contributed by atoms with van der Waals surface area (Å²) < 4.78 is 27.8. The first-order chi connectivity index (χ1) is 12.9. The van der Waals surface area contributed by atoms with Crippen LogP contribution in [-0.2, 0) is 14.8 Å². The summed E-state index contributed by atoms with van der Waals surface area (Å²) in [5.41, 5.74) is 1.80. The zero-order chi connectivity index (χ0) is 19.4. The van der Waals surface area contributed by atoms with E-state index < -0.39 is 10.0 Å². The van der Waals surface area contributed by atoms with E-state index in [4.69, 9.17) is 0 Å². The van der Waals surface area contributed by atoms with Crippen molar-refractivity contribution in [1.29, 1.82) is 0 Å². The largest absolute Gasteiger partial charge is 0.342 e. The van der Waals surface area contributed by atoms with Gasteiger partial charge in [0.25, 0.3) is 15.9 Å². The molecule has 2 amide bonds. The average molecular weight is 387 g/mol. The molecule has 3 rings (SSSR count). The van der Waals surface area contributed by atoms with Crippen LogP contribution in [0.25, 0.3) is 0 Å². The summed E-state index contributed by atoms with van der Waals surface area (Å²) >= 11 is 0. The van der Waals surface area contributed by atoms with Gasteiger partial charge in [0.05, 0.1) is 4.90 Å². The van der Waals surface area contributed by atoms with Crippen LogP contribution in [0.2, 0.25) is 0 Å². The Bertz CT molecular complexity index is 934. The van der Waals surface area contributed by atoms with E-state index >= 15 is 0 Å². The van der Waals surface area contributed by atoms with Gasteiger partial charge in [0, 0.05) is 37.4 Å². The molecule has 1 N–H and O–H groups in total. The number of rotatable bonds is 5. The highest BCUT2D eigenvalue weighted by Crippen LogP contribution is 2.19. The smallest absolute Gasteiger partial charge is 0.261 e. The summed E-state index contributed by atoms with van der Waals surface area (Å²) in [5, 5.41) is 0. The molecule has 27 heavy (non-hydrogen) atoms. The molecule has 8 heteroatoms. The molecule has 7 nitrogen and oxygen atoms in total. The van der Waals surface area contributed by atoms with Gasteiger partial charge in [0.1, 0.15) is 0 Å². The third-order valence-corrected chi connectivity index (χ3v) is 5.82. The van der Waals surface area contributed by atoms with Crippen LogP contribution in [0.1, 0.15) is 15.9 Å². The summed E-state index contributed by atoms with van der Waals surface area (Å²) in [6, 6.07) is 13.0. The Balaban J connectivity index is 1.77. The van der Waals surface area contributed by atoms with Gasteiger partial charge in [-0.1, -0.05) is 23.8 Å². The van der Waals surface area contributed by atoms with Crippen molar-refractivity contribution >= 4 is 28.0 Å². The van der Waals surface area contributed by atoms with E-state index in [-0.39, 0.29) is 10.8 Å². The van der Waals surface area contributed by atoms with Crippen molar-refractivity contribution in [1.82, 2.24) is 9.80 Å². The molecular formula is C19H21N3O4S. The molecule has 2 aromatic carbocycles. The predicted molar refractivity (Wildman–Crippen MR) is 102 cm³/mol. The quantitative estimate of drug-likeness (QED) is 0.792. The fourth-order valence-electron chi connectivity index (χ4n) is 2.84. The Morgan fingerprint density at radius 3 is 2.33 bits per heavy atom. The summed E-state index contributed by atoms with van der Waals surface area (Å²) in [7, 11) is -3.80. The van der Waals surface area contributed by atoms with Crippen LogP contribution < -0.4 is 4.72 Å². The standard InChI is InChI=1S/C19H21N3O4S/c1-15-5-7-17(8-6-15)20-27(25,26)18-4-2-3-16(13-18)19(24)22-11-9-21(14-23)10-12-22/h2-8,13-14,20H,9-12H2,1H3. The number of benzene rings is 2. The third-order valence-electron chi connectivity index (χ3n) is 4.45. The minimum atomic E-state index is -3.80. The zero-order valence-electron chi connectivity index (χ0n) is 15.0. The molecule has 0 atom stereocenters. The van der Waals surface area contributed by atoms with Crippen molar-refractivity contribution in [2.75, 3.05) is 30.9 Å². The van der Waals surface area contributed by atoms with Crippen LogP contribution >= 0.6 is 0 Å². The molecule has 0 spiro atoms. The fourth-order valence-corrected chi connectivity index (χ4v) is 3.95. The minimum Gasteiger partial charge on any atom is -0.342 e. The number of anilines is 1. The summed E-state index contributed by atoms with van der Waals surface area (Å²) in [5.74, 6) is -0.243. The van der Waals surface area contributed by atoms with Crippen molar-refractivity contribution in [2.24, 2.45) is 0 Å². The first-order valence-corrected chi connectivity index (χ1v) is 10.1. The topological polar surface area (TPSA) is 86.8 Å². The number of carbonyl (C=O) groups excluding carboxylic acids is 2. The van der Waals surface area contributed by atoms with Gasteiger partial charge in [-0.15, -0.1) is 0 Å². The predicted octanol–water partition coefficient (Wildman–Crippen LogP) is 1.71. The van der Waals surface area contributed by atoms with Gasteiger partial charge in [0.15, 0.2) is 0 Å². The summed E-state index contributed by atoms with van der Waals surface area (Å²) in [4.78, 5) is 26.7. The number of aryl methyl sites for hydroxylation is 1. The molecule has 0 bridgehead atoms. The van der Waals surface area contributed by atoms with Crippen molar-refractivity contribution < 1.29 is 18.0 Å². The van der Waals surface area contributed by atoms with Gasteiger partial charge >= 0.3 is 0 Å². The van der Waals surface area contributed by atoms with Gasteiger partial charge in [-0.25, -0.2) is 8.42 Å². The lowest BCUT2D eigenvalue weighted by molar-refractivity contribution is -0.119. The van der Waals surface area contributed by atoms with Gasteiger partial charge in [0.2, 0.25) is 6.41 Å². The lowest BCUT2D eigenvalue weighted by atomic mass is 10.2. The highest BCUT2D eigenvalue weighted by molar-refractivity contribution is 7.92.